The van der Waals surface area contributed by atoms with Crippen LogP contribution in [0.5, 0.6) is 0 Å². The molecule has 2 rings (SSSR count). The number of alkyl halides is 1. The van der Waals surface area contributed by atoms with Gasteiger partial charge in [0.2, 0.25) is 0 Å². The van der Waals surface area contributed by atoms with E-state index in [1.807, 2.05) is 19.1 Å². The number of halogens is 2. The van der Waals surface area contributed by atoms with Crippen molar-refractivity contribution in [3.05, 3.63) is 28.5 Å². The van der Waals surface area contributed by atoms with Crippen LogP contribution in [0.4, 0.5) is 0 Å². The van der Waals surface area contributed by atoms with Crippen molar-refractivity contribution in [2.24, 2.45) is 0 Å². The van der Waals surface area contributed by atoms with Gasteiger partial charge >= 0.3 is 0 Å². The topological polar surface area (TPSA) is 36.3 Å². The molecule has 6 heteroatoms. The summed E-state index contributed by atoms with van der Waals surface area (Å²) in [6, 6.07) is 6.08. The Hall–Kier alpha value is -0.620. The van der Waals surface area contributed by atoms with Crippen LogP contribution in [-0.2, 0) is 16.0 Å². The van der Waals surface area contributed by atoms with Crippen molar-refractivity contribution < 1.29 is 9.47 Å². The zero-order valence-electron chi connectivity index (χ0n) is 12.3. The Kier molecular flexibility index (Phi) is 6.48. The molecule has 1 heterocycles. The minimum atomic E-state index is -0.120. The van der Waals surface area contributed by atoms with Crippen LogP contribution in [0, 0.1) is 0 Å². The van der Waals surface area contributed by atoms with E-state index in [1.54, 1.807) is 7.11 Å². The molecule has 0 bridgehead atoms. The Balaban J connectivity index is 2.09. The smallest absolute Gasteiger partial charge is 0.127 e. The standard InChI is InChI=1S/C15H20BrClN2O2/c1-11(17)15-18-13-5-4-12(16)10-14(13)19(15)6-3-7-21-9-8-20-2/h4-5,10-11H,3,6-9H2,1-2H3. The lowest BCUT2D eigenvalue weighted by Crippen LogP contribution is -2.09. The molecule has 0 saturated heterocycles. The van der Waals surface area contributed by atoms with E-state index in [0.29, 0.717) is 19.8 Å². The molecule has 0 amide bonds. The number of nitrogens with zero attached hydrogens (tertiary/aromatic N) is 2. The average Bonchev–Trinajstić information content (AvgIpc) is 2.81. The largest absolute Gasteiger partial charge is 0.382 e. The summed E-state index contributed by atoms with van der Waals surface area (Å²) in [5, 5.41) is -0.120. The summed E-state index contributed by atoms with van der Waals surface area (Å²) < 4.78 is 13.7. The van der Waals surface area contributed by atoms with Crippen LogP contribution in [0.1, 0.15) is 24.5 Å². The maximum atomic E-state index is 6.26. The van der Waals surface area contributed by atoms with E-state index < -0.39 is 0 Å². The summed E-state index contributed by atoms with van der Waals surface area (Å²) in [6.45, 7) is 4.75. The number of hydrogen-bond acceptors (Lipinski definition) is 3. The van der Waals surface area contributed by atoms with E-state index in [2.05, 4.69) is 31.5 Å². The number of hydrogen-bond donors (Lipinski definition) is 0. The van der Waals surface area contributed by atoms with Gasteiger partial charge in [-0.1, -0.05) is 15.9 Å². The summed E-state index contributed by atoms with van der Waals surface area (Å²) in [5.41, 5.74) is 2.07. The van der Waals surface area contributed by atoms with Gasteiger partial charge in [-0.15, -0.1) is 11.6 Å². The van der Waals surface area contributed by atoms with Crippen LogP contribution >= 0.6 is 27.5 Å². The number of aromatic nitrogens is 2. The third-order valence-electron chi connectivity index (χ3n) is 3.20. The fourth-order valence-corrected chi connectivity index (χ4v) is 2.74. The highest BCUT2D eigenvalue weighted by Crippen LogP contribution is 2.26. The number of rotatable bonds is 8. The van der Waals surface area contributed by atoms with Crippen LogP contribution in [0.3, 0.4) is 0 Å². The first-order valence-corrected chi connectivity index (χ1v) is 8.23. The van der Waals surface area contributed by atoms with Crippen LogP contribution in [0.25, 0.3) is 11.0 Å². The number of ether oxygens (including phenoxy) is 2. The number of benzene rings is 1. The van der Waals surface area contributed by atoms with E-state index in [4.69, 9.17) is 21.1 Å². The summed E-state index contributed by atoms with van der Waals surface area (Å²) in [6.07, 6.45) is 0.915. The van der Waals surface area contributed by atoms with E-state index in [1.165, 1.54) is 0 Å². The second-order valence-corrected chi connectivity index (χ2v) is 6.40. The predicted molar refractivity (Wildman–Crippen MR) is 89.0 cm³/mol. The SMILES string of the molecule is COCCOCCCn1c(C(C)Cl)nc2ccc(Br)cc21. The molecule has 0 radical (unpaired) electrons. The summed E-state index contributed by atoms with van der Waals surface area (Å²) in [4.78, 5) is 4.63. The van der Waals surface area contributed by atoms with Crippen LogP contribution in [0.2, 0.25) is 0 Å². The van der Waals surface area contributed by atoms with Crippen molar-refractivity contribution in [3.63, 3.8) is 0 Å². The van der Waals surface area contributed by atoms with Gasteiger partial charge in [0, 0.05) is 24.7 Å². The maximum Gasteiger partial charge on any atom is 0.127 e. The van der Waals surface area contributed by atoms with Gasteiger partial charge in [0.15, 0.2) is 0 Å². The van der Waals surface area contributed by atoms with Crippen molar-refractivity contribution >= 4 is 38.6 Å². The first-order valence-electron chi connectivity index (χ1n) is 7.00. The molecule has 116 valence electrons. The molecule has 0 aliphatic rings. The fourth-order valence-electron chi connectivity index (χ4n) is 2.22. The number of imidazole rings is 1. The molecule has 0 aliphatic heterocycles. The van der Waals surface area contributed by atoms with Gasteiger partial charge in [-0.05, 0) is 31.5 Å². The molecule has 1 aromatic heterocycles. The molecule has 0 fully saturated rings. The molecule has 0 aliphatic carbocycles. The Morgan fingerprint density at radius 1 is 1.33 bits per heavy atom. The van der Waals surface area contributed by atoms with Gasteiger partial charge < -0.3 is 14.0 Å². The lowest BCUT2D eigenvalue weighted by atomic mass is 10.3. The van der Waals surface area contributed by atoms with Gasteiger partial charge in [-0.2, -0.15) is 0 Å². The van der Waals surface area contributed by atoms with Crippen LogP contribution in [0.15, 0.2) is 22.7 Å². The first-order chi connectivity index (χ1) is 10.1. The van der Waals surface area contributed by atoms with Gasteiger partial charge in [0.25, 0.3) is 0 Å². The van der Waals surface area contributed by atoms with Crippen LogP contribution in [-0.4, -0.2) is 36.5 Å². The van der Waals surface area contributed by atoms with Crippen molar-refractivity contribution in [1.29, 1.82) is 0 Å². The average molecular weight is 376 g/mol. The molecule has 0 spiro atoms. The second kappa shape index (κ2) is 8.13. The van der Waals surface area contributed by atoms with E-state index in [0.717, 1.165) is 34.3 Å². The minimum Gasteiger partial charge on any atom is -0.382 e. The Morgan fingerprint density at radius 3 is 2.86 bits per heavy atom. The molecular formula is C15H20BrClN2O2. The van der Waals surface area contributed by atoms with Crippen molar-refractivity contribution in [1.82, 2.24) is 9.55 Å². The highest BCUT2D eigenvalue weighted by Gasteiger charge is 2.14. The third kappa shape index (κ3) is 4.42. The minimum absolute atomic E-state index is 0.120. The van der Waals surface area contributed by atoms with Crippen molar-refractivity contribution in [2.75, 3.05) is 26.9 Å². The molecule has 2 aromatic rings. The lowest BCUT2D eigenvalue weighted by molar-refractivity contribution is 0.0680. The summed E-state index contributed by atoms with van der Waals surface area (Å²) in [7, 11) is 1.67. The first kappa shape index (κ1) is 16.7. The zero-order valence-corrected chi connectivity index (χ0v) is 14.7. The fraction of sp³-hybridized carbons (Fsp3) is 0.533. The highest BCUT2D eigenvalue weighted by molar-refractivity contribution is 9.10. The molecule has 21 heavy (non-hydrogen) atoms. The monoisotopic (exact) mass is 374 g/mol. The van der Waals surface area contributed by atoms with E-state index in [9.17, 15) is 0 Å². The molecule has 1 aromatic carbocycles. The van der Waals surface area contributed by atoms with Gasteiger partial charge in [0.05, 0.1) is 29.6 Å². The molecule has 4 nitrogen and oxygen atoms in total. The third-order valence-corrected chi connectivity index (χ3v) is 3.89. The zero-order chi connectivity index (χ0) is 15.2. The van der Waals surface area contributed by atoms with Gasteiger partial charge in [-0.25, -0.2) is 4.98 Å². The van der Waals surface area contributed by atoms with E-state index >= 15 is 0 Å². The Morgan fingerprint density at radius 2 is 2.14 bits per heavy atom. The Labute approximate surface area is 138 Å². The van der Waals surface area contributed by atoms with Gasteiger partial charge in [-0.3, -0.25) is 0 Å². The number of fused-ring (bicyclic) bond motifs is 1. The molecule has 0 N–H and O–H groups in total. The van der Waals surface area contributed by atoms with Gasteiger partial charge in [0.1, 0.15) is 5.82 Å². The van der Waals surface area contributed by atoms with Crippen molar-refractivity contribution in [2.45, 2.75) is 25.3 Å². The number of aryl methyl sites for hydroxylation is 1. The normalized spacial score (nSPS) is 13.0. The van der Waals surface area contributed by atoms with Crippen molar-refractivity contribution in [3.8, 4) is 0 Å². The van der Waals surface area contributed by atoms with E-state index in [-0.39, 0.29) is 5.38 Å². The second-order valence-electron chi connectivity index (χ2n) is 4.83. The highest BCUT2D eigenvalue weighted by atomic mass is 79.9. The number of methoxy groups -OCH3 is 1. The molecule has 0 saturated carbocycles. The summed E-state index contributed by atoms with van der Waals surface area (Å²) in [5.74, 6) is 0.904. The lowest BCUT2D eigenvalue weighted by Gasteiger charge is -2.11. The van der Waals surface area contributed by atoms with Crippen LogP contribution < -0.4 is 0 Å². The summed E-state index contributed by atoms with van der Waals surface area (Å²) >= 11 is 9.77. The molecule has 1 atom stereocenters. The Bertz CT molecular complexity index is 586. The predicted octanol–water partition coefficient (Wildman–Crippen LogP) is 4.15. The quantitative estimate of drug-likeness (QED) is 0.513. The molecule has 1 unspecified atom stereocenters. The maximum absolute atomic E-state index is 6.26. The molecular weight excluding hydrogens is 356 g/mol.